The van der Waals surface area contributed by atoms with E-state index < -0.39 is 6.10 Å². The van der Waals surface area contributed by atoms with Crippen LogP contribution in [-0.4, -0.2) is 24.6 Å². The number of nitrogens with zero attached hydrogens (tertiary/aromatic N) is 4. The minimum absolute atomic E-state index is 0.421. The molecule has 0 saturated carbocycles. The lowest BCUT2D eigenvalue weighted by molar-refractivity contribution is 0.170. The minimum Gasteiger partial charge on any atom is -0.386 e. The van der Waals surface area contributed by atoms with Crippen LogP contribution in [0, 0.1) is 0 Å². The maximum Gasteiger partial charge on any atom is 0.112 e. The molecule has 19 heavy (non-hydrogen) atoms. The molecular weight excluding hydrogens is 240 g/mol. The Bertz CT molecular complexity index is 693. The van der Waals surface area contributed by atoms with Gasteiger partial charge in [0.1, 0.15) is 11.9 Å². The number of hydrogen-bond donors (Lipinski definition) is 1. The molecule has 0 saturated heterocycles. The summed E-state index contributed by atoms with van der Waals surface area (Å²) in [6, 6.07) is 7.92. The zero-order valence-corrected chi connectivity index (χ0v) is 10.6. The second kappa shape index (κ2) is 4.78. The lowest BCUT2D eigenvalue weighted by atomic mass is 10.2. The van der Waals surface area contributed by atoms with Crippen LogP contribution in [-0.2, 0) is 13.5 Å². The van der Waals surface area contributed by atoms with Crippen LogP contribution in [0.4, 0.5) is 0 Å². The third kappa shape index (κ3) is 2.20. The van der Waals surface area contributed by atoms with E-state index in [9.17, 15) is 5.11 Å². The highest BCUT2D eigenvalue weighted by Crippen LogP contribution is 2.19. The summed E-state index contributed by atoms with van der Waals surface area (Å²) in [5.41, 5.74) is 2.56. The molecule has 0 aliphatic rings. The minimum atomic E-state index is -0.691. The normalized spacial score (nSPS) is 12.7. The van der Waals surface area contributed by atoms with Gasteiger partial charge in [0, 0.05) is 25.9 Å². The average Bonchev–Trinajstić information content (AvgIpc) is 2.77. The fourth-order valence-electron chi connectivity index (χ4n) is 2.14. The number of aryl methyl sites for hydroxylation is 1. The largest absolute Gasteiger partial charge is 0.386 e. The van der Waals surface area contributed by atoms with Gasteiger partial charge in [-0.1, -0.05) is 12.1 Å². The number of rotatable bonds is 3. The molecule has 1 aromatic carbocycles. The highest BCUT2D eigenvalue weighted by atomic mass is 16.3. The van der Waals surface area contributed by atoms with Crippen molar-refractivity contribution in [2.24, 2.45) is 7.05 Å². The van der Waals surface area contributed by atoms with Gasteiger partial charge in [0.25, 0.3) is 0 Å². The maximum absolute atomic E-state index is 10.2. The van der Waals surface area contributed by atoms with E-state index in [2.05, 4.69) is 15.0 Å². The molecule has 5 nitrogen and oxygen atoms in total. The Morgan fingerprint density at radius 3 is 2.84 bits per heavy atom. The van der Waals surface area contributed by atoms with Crippen LogP contribution in [0.2, 0.25) is 0 Å². The first-order chi connectivity index (χ1) is 9.25. The van der Waals surface area contributed by atoms with Crippen molar-refractivity contribution in [3.8, 4) is 0 Å². The lowest BCUT2D eigenvalue weighted by Gasteiger charge is -2.09. The average molecular weight is 254 g/mol. The molecule has 96 valence electrons. The zero-order valence-electron chi connectivity index (χ0n) is 10.6. The van der Waals surface area contributed by atoms with E-state index >= 15 is 0 Å². The van der Waals surface area contributed by atoms with Gasteiger partial charge < -0.3 is 9.67 Å². The van der Waals surface area contributed by atoms with E-state index in [1.807, 2.05) is 35.9 Å². The van der Waals surface area contributed by atoms with E-state index in [4.69, 9.17) is 0 Å². The van der Waals surface area contributed by atoms with E-state index in [0.717, 1.165) is 16.9 Å². The van der Waals surface area contributed by atoms with Crippen LogP contribution in [0.1, 0.15) is 17.6 Å². The molecule has 0 aliphatic carbocycles. The van der Waals surface area contributed by atoms with Crippen LogP contribution in [0.15, 0.2) is 42.9 Å². The number of aromatic nitrogens is 4. The van der Waals surface area contributed by atoms with Crippen molar-refractivity contribution in [3.63, 3.8) is 0 Å². The number of para-hydroxylation sites is 2. The molecule has 1 atom stereocenters. The van der Waals surface area contributed by atoms with Gasteiger partial charge in [0.2, 0.25) is 0 Å². The second-order valence-corrected chi connectivity index (χ2v) is 4.43. The van der Waals surface area contributed by atoms with Crippen LogP contribution in [0.3, 0.4) is 0 Å². The number of aliphatic hydroxyl groups excluding tert-OH is 1. The first kappa shape index (κ1) is 11.8. The molecule has 1 unspecified atom stereocenters. The summed E-state index contributed by atoms with van der Waals surface area (Å²) in [5, 5.41) is 10.2. The Morgan fingerprint density at radius 2 is 2.11 bits per heavy atom. The third-order valence-electron chi connectivity index (χ3n) is 3.18. The van der Waals surface area contributed by atoms with E-state index in [-0.39, 0.29) is 0 Å². The standard InChI is InChI=1S/C14H14N4O/c1-18-12-5-3-2-4-10(12)17-14(18)8-13(19)11-9-15-6-7-16-11/h2-7,9,13,19H,8H2,1H3. The Balaban J connectivity index is 1.91. The molecule has 0 fully saturated rings. The van der Waals surface area contributed by atoms with Crippen molar-refractivity contribution in [3.05, 3.63) is 54.4 Å². The Hall–Kier alpha value is -2.27. The molecule has 0 radical (unpaired) electrons. The highest BCUT2D eigenvalue weighted by molar-refractivity contribution is 5.75. The third-order valence-corrected chi connectivity index (χ3v) is 3.18. The summed E-state index contributed by atoms with van der Waals surface area (Å²) in [4.78, 5) is 12.6. The molecule has 0 amide bonds. The van der Waals surface area contributed by atoms with Crippen molar-refractivity contribution < 1.29 is 5.11 Å². The number of aliphatic hydroxyl groups is 1. The first-order valence-electron chi connectivity index (χ1n) is 6.10. The second-order valence-electron chi connectivity index (χ2n) is 4.43. The molecule has 5 heteroatoms. The summed E-state index contributed by atoms with van der Waals surface area (Å²) < 4.78 is 1.99. The van der Waals surface area contributed by atoms with E-state index in [0.29, 0.717) is 12.1 Å². The van der Waals surface area contributed by atoms with Crippen LogP contribution < -0.4 is 0 Å². The van der Waals surface area contributed by atoms with Crippen molar-refractivity contribution in [2.45, 2.75) is 12.5 Å². The number of hydrogen-bond acceptors (Lipinski definition) is 4. The van der Waals surface area contributed by atoms with Crippen molar-refractivity contribution in [1.29, 1.82) is 0 Å². The summed E-state index contributed by atoms with van der Waals surface area (Å²) in [5.74, 6) is 0.833. The molecule has 0 aliphatic heterocycles. The Morgan fingerprint density at radius 1 is 1.26 bits per heavy atom. The SMILES string of the molecule is Cn1c(CC(O)c2cnccn2)nc2ccccc21. The number of imidazole rings is 1. The first-order valence-corrected chi connectivity index (χ1v) is 6.10. The van der Waals surface area contributed by atoms with Crippen LogP contribution in [0.5, 0.6) is 0 Å². The molecule has 2 aromatic heterocycles. The fourth-order valence-corrected chi connectivity index (χ4v) is 2.14. The Labute approximate surface area is 110 Å². The predicted octanol–water partition coefficient (Wildman–Crippen LogP) is 1.64. The highest BCUT2D eigenvalue weighted by Gasteiger charge is 2.15. The molecule has 0 bridgehead atoms. The number of benzene rings is 1. The van der Waals surface area contributed by atoms with E-state index in [1.54, 1.807) is 18.6 Å². The van der Waals surface area contributed by atoms with Crippen molar-refractivity contribution in [2.75, 3.05) is 0 Å². The maximum atomic E-state index is 10.2. The van der Waals surface area contributed by atoms with Gasteiger partial charge in [-0.2, -0.15) is 0 Å². The molecule has 2 heterocycles. The molecule has 3 rings (SSSR count). The zero-order chi connectivity index (χ0) is 13.2. The smallest absolute Gasteiger partial charge is 0.112 e. The van der Waals surface area contributed by atoms with E-state index in [1.165, 1.54) is 0 Å². The van der Waals surface area contributed by atoms with Crippen LogP contribution in [0.25, 0.3) is 11.0 Å². The van der Waals surface area contributed by atoms with Gasteiger partial charge in [-0.15, -0.1) is 0 Å². The summed E-state index contributed by atoms with van der Waals surface area (Å²) in [6.07, 6.45) is 4.47. The predicted molar refractivity (Wildman–Crippen MR) is 71.4 cm³/mol. The quantitative estimate of drug-likeness (QED) is 0.771. The van der Waals surface area contributed by atoms with Gasteiger partial charge in [0.05, 0.1) is 22.9 Å². The molecular formula is C14H14N4O. The molecule has 0 spiro atoms. The summed E-state index contributed by atoms with van der Waals surface area (Å²) in [6.45, 7) is 0. The summed E-state index contributed by atoms with van der Waals surface area (Å²) >= 11 is 0. The van der Waals surface area contributed by atoms with Gasteiger partial charge in [-0.05, 0) is 12.1 Å². The van der Waals surface area contributed by atoms with Gasteiger partial charge >= 0.3 is 0 Å². The molecule has 3 aromatic rings. The monoisotopic (exact) mass is 254 g/mol. The summed E-state index contributed by atoms with van der Waals surface area (Å²) in [7, 11) is 1.95. The van der Waals surface area contributed by atoms with Gasteiger partial charge in [-0.25, -0.2) is 4.98 Å². The lowest BCUT2D eigenvalue weighted by Crippen LogP contribution is -2.08. The Kier molecular flexibility index (Phi) is 2.97. The number of fused-ring (bicyclic) bond motifs is 1. The van der Waals surface area contributed by atoms with Crippen LogP contribution >= 0.6 is 0 Å². The topological polar surface area (TPSA) is 63.8 Å². The molecule has 1 N–H and O–H groups in total. The van der Waals surface area contributed by atoms with Crippen molar-refractivity contribution in [1.82, 2.24) is 19.5 Å². The van der Waals surface area contributed by atoms with Gasteiger partial charge in [-0.3, -0.25) is 9.97 Å². The van der Waals surface area contributed by atoms with Gasteiger partial charge in [0.15, 0.2) is 0 Å². The van der Waals surface area contributed by atoms with Crippen molar-refractivity contribution >= 4 is 11.0 Å². The fraction of sp³-hybridized carbons (Fsp3) is 0.214.